The van der Waals surface area contributed by atoms with E-state index in [1.165, 1.54) is 5.39 Å². The summed E-state index contributed by atoms with van der Waals surface area (Å²) in [5.74, 6) is 0.323. The second-order valence-electron chi connectivity index (χ2n) is 5.55. The summed E-state index contributed by atoms with van der Waals surface area (Å²) in [6.07, 6.45) is 0.978. The Bertz CT molecular complexity index is 907. The van der Waals surface area contributed by atoms with Crippen molar-refractivity contribution < 1.29 is 9.53 Å². The van der Waals surface area contributed by atoms with Crippen LogP contribution in [0.2, 0.25) is 0 Å². The first-order valence-corrected chi connectivity index (χ1v) is 8.65. The van der Waals surface area contributed by atoms with Crippen molar-refractivity contribution in [2.45, 2.75) is 13.0 Å². The van der Waals surface area contributed by atoms with Crippen LogP contribution in [0, 0.1) is 0 Å². The maximum Gasteiger partial charge on any atom is 0.280 e. The highest BCUT2D eigenvalue weighted by atomic mass is 79.9. The maximum atomic E-state index is 12.1. The van der Waals surface area contributed by atoms with Gasteiger partial charge in [-0.05, 0) is 53.6 Å². The Morgan fingerprint density at radius 3 is 2.56 bits per heavy atom. The van der Waals surface area contributed by atoms with Crippen molar-refractivity contribution in [3.05, 3.63) is 76.8 Å². The second kappa shape index (κ2) is 7.94. The standard InChI is InChI=1S/C20H17BrN2O2/c1-14(25-19-10-8-18(21)9-11-19)20(24)23-22-13-15-6-7-16-4-2-3-5-17(16)12-15/h2-14H,1H3,(H,23,24)/b22-13-/t14-/m0/s1. The lowest BCUT2D eigenvalue weighted by Gasteiger charge is -2.12. The molecule has 0 radical (unpaired) electrons. The minimum atomic E-state index is -0.644. The molecule has 0 aromatic heterocycles. The van der Waals surface area contributed by atoms with Gasteiger partial charge in [-0.3, -0.25) is 4.79 Å². The van der Waals surface area contributed by atoms with E-state index in [2.05, 4.69) is 32.5 Å². The van der Waals surface area contributed by atoms with Crippen LogP contribution in [0.4, 0.5) is 0 Å². The molecule has 3 rings (SSSR count). The molecular formula is C20H17BrN2O2. The minimum absolute atomic E-state index is 0.306. The molecule has 3 aromatic carbocycles. The summed E-state index contributed by atoms with van der Waals surface area (Å²) < 4.78 is 6.54. The van der Waals surface area contributed by atoms with Crippen LogP contribution in [0.5, 0.6) is 5.75 Å². The molecule has 0 bridgehead atoms. The lowest BCUT2D eigenvalue weighted by atomic mass is 10.1. The highest BCUT2D eigenvalue weighted by Crippen LogP contribution is 2.17. The maximum absolute atomic E-state index is 12.1. The van der Waals surface area contributed by atoms with Crippen LogP contribution in [0.25, 0.3) is 10.8 Å². The summed E-state index contributed by atoms with van der Waals surface area (Å²) >= 11 is 3.36. The summed E-state index contributed by atoms with van der Waals surface area (Å²) in [5.41, 5.74) is 3.42. The van der Waals surface area contributed by atoms with Gasteiger partial charge in [-0.1, -0.05) is 52.3 Å². The Kier molecular flexibility index (Phi) is 5.46. The zero-order chi connectivity index (χ0) is 17.6. The number of nitrogens with zero attached hydrogens (tertiary/aromatic N) is 1. The number of benzene rings is 3. The van der Waals surface area contributed by atoms with Gasteiger partial charge in [0.25, 0.3) is 5.91 Å². The third-order valence-corrected chi connectivity index (χ3v) is 4.19. The van der Waals surface area contributed by atoms with Gasteiger partial charge in [0, 0.05) is 4.47 Å². The van der Waals surface area contributed by atoms with E-state index >= 15 is 0 Å². The number of amides is 1. The number of halogens is 1. The van der Waals surface area contributed by atoms with E-state index in [-0.39, 0.29) is 5.91 Å². The van der Waals surface area contributed by atoms with Gasteiger partial charge in [0.2, 0.25) is 0 Å². The molecule has 4 nitrogen and oxygen atoms in total. The van der Waals surface area contributed by atoms with Crippen molar-refractivity contribution in [1.82, 2.24) is 5.43 Å². The first-order valence-electron chi connectivity index (χ1n) is 7.86. The molecule has 1 N–H and O–H groups in total. The molecule has 1 amide bonds. The van der Waals surface area contributed by atoms with Crippen molar-refractivity contribution in [3.8, 4) is 5.75 Å². The predicted octanol–water partition coefficient (Wildman–Crippen LogP) is 4.52. The van der Waals surface area contributed by atoms with Crippen LogP contribution in [0.3, 0.4) is 0 Å². The van der Waals surface area contributed by atoms with Crippen LogP contribution in [-0.2, 0) is 4.79 Å². The predicted molar refractivity (Wildman–Crippen MR) is 104 cm³/mol. The number of hydrogen-bond donors (Lipinski definition) is 1. The first kappa shape index (κ1) is 17.2. The van der Waals surface area contributed by atoms with Gasteiger partial charge in [0.05, 0.1) is 6.21 Å². The second-order valence-corrected chi connectivity index (χ2v) is 6.47. The monoisotopic (exact) mass is 396 g/mol. The fraction of sp³-hybridized carbons (Fsp3) is 0.100. The molecule has 0 saturated heterocycles. The molecule has 0 fully saturated rings. The molecule has 3 aromatic rings. The molecule has 0 heterocycles. The number of carbonyl (C=O) groups is 1. The van der Waals surface area contributed by atoms with Gasteiger partial charge in [0.15, 0.2) is 6.10 Å². The SMILES string of the molecule is C[C@H](Oc1ccc(Br)cc1)C(=O)N/N=C\c1ccc2ccccc2c1. The molecule has 0 aliphatic carbocycles. The molecule has 25 heavy (non-hydrogen) atoms. The van der Waals surface area contributed by atoms with E-state index in [0.29, 0.717) is 5.75 Å². The zero-order valence-electron chi connectivity index (χ0n) is 13.6. The fourth-order valence-corrected chi connectivity index (χ4v) is 2.58. The summed E-state index contributed by atoms with van der Waals surface area (Å²) in [5, 5.41) is 6.31. The summed E-state index contributed by atoms with van der Waals surface area (Å²) in [6.45, 7) is 1.68. The average molecular weight is 397 g/mol. The Morgan fingerprint density at radius 2 is 1.80 bits per heavy atom. The van der Waals surface area contributed by atoms with Crippen LogP contribution in [-0.4, -0.2) is 18.2 Å². The topological polar surface area (TPSA) is 50.7 Å². The zero-order valence-corrected chi connectivity index (χ0v) is 15.2. The van der Waals surface area contributed by atoms with Crippen molar-refractivity contribution >= 4 is 38.8 Å². The fourth-order valence-electron chi connectivity index (χ4n) is 2.32. The molecule has 0 saturated carbocycles. The molecule has 0 aliphatic heterocycles. The Hall–Kier alpha value is -2.66. The summed E-state index contributed by atoms with van der Waals surface area (Å²) in [7, 11) is 0. The van der Waals surface area contributed by atoms with Gasteiger partial charge in [-0.25, -0.2) is 5.43 Å². The molecule has 5 heteroatoms. The van der Waals surface area contributed by atoms with Crippen molar-refractivity contribution in [2.24, 2.45) is 5.10 Å². The molecule has 0 aliphatic rings. The molecular weight excluding hydrogens is 380 g/mol. The number of hydrogen-bond acceptors (Lipinski definition) is 3. The number of hydrazone groups is 1. The highest BCUT2D eigenvalue weighted by Gasteiger charge is 2.13. The van der Waals surface area contributed by atoms with Gasteiger partial charge in [0.1, 0.15) is 5.75 Å². The van der Waals surface area contributed by atoms with E-state index in [0.717, 1.165) is 15.4 Å². The van der Waals surface area contributed by atoms with Crippen LogP contribution in [0.15, 0.2) is 76.3 Å². The van der Waals surface area contributed by atoms with Crippen LogP contribution >= 0.6 is 15.9 Å². The smallest absolute Gasteiger partial charge is 0.280 e. The summed E-state index contributed by atoms with van der Waals surface area (Å²) in [6, 6.07) is 21.4. The number of nitrogens with one attached hydrogen (secondary N) is 1. The van der Waals surface area contributed by atoms with E-state index in [1.54, 1.807) is 25.3 Å². The lowest BCUT2D eigenvalue weighted by molar-refractivity contribution is -0.127. The molecule has 1 atom stereocenters. The third-order valence-electron chi connectivity index (χ3n) is 3.66. The first-order chi connectivity index (χ1) is 12.1. The normalized spacial score (nSPS) is 12.2. The molecule has 126 valence electrons. The number of ether oxygens (including phenoxy) is 1. The summed E-state index contributed by atoms with van der Waals surface area (Å²) in [4.78, 5) is 12.1. The minimum Gasteiger partial charge on any atom is -0.481 e. The average Bonchev–Trinajstić information content (AvgIpc) is 2.63. The van der Waals surface area contributed by atoms with Gasteiger partial charge < -0.3 is 4.74 Å². The van der Waals surface area contributed by atoms with Gasteiger partial charge in [-0.15, -0.1) is 0 Å². The Morgan fingerprint density at radius 1 is 1.08 bits per heavy atom. The third kappa shape index (κ3) is 4.67. The van der Waals surface area contributed by atoms with E-state index in [4.69, 9.17) is 4.74 Å². The Balaban J connectivity index is 1.58. The van der Waals surface area contributed by atoms with Crippen molar-refractivity contribution in [1.29, 1.82) is 0 Å². The molecule has 0 unspecified atom stereocenters. The van der Waals surface area contributed by atoms with E-state index in [1.807, 2.05) is 48.5 Å². The van der Waals surface area contributed by atoms with Crippen LogP contribution < -0.4 is 10.2 Å². The van der Waals surface area contributed by atoms with Gasteiger partial charge >= 0.3 is 0 Å². The van der Waals surface area contributed by atoms with Gasteiger partial charge in [-0.2, -0.15) is 5.10 Å². The number of rotatable bonds is 5. The lowest BCUT2D eigenvalue weighted by Crippen LogP contribution is -2.33. The number of fused-ring (bicyclic) bond motifs is 1. The van der Waals surface area contributed by atoms with E-state index in [9.17, 15) is 4.79 Å². The molecule has 0 spiro atoms. The highest BCUT2D eigenvalue weighted by molar-refractivity contribution is 9.10. The number of carbonyl (C=O) groups excluding carboxylic acids is 1. The van der Waals surface area contributed by atoms with Crippen molar-refractivity contribution in [3.63, 3.8) is 0 Å². The van der Waals surface area contributed by atoms with Crippen LogP contribution in [0.1, 0.15) is 12.5 Å². The Labute approximate surface area is 154 Å². The largest absolute Gasteiger partial charge is 0.481 e. The van der Waals surface area contributed by atoms with E-state index < -0.39 is 6.10 Å². The van der Waals surface area contributed by atoms with Crippen molar-refractivity contribution in [2.75, 3.05) is 0 Å². The quantitative estimate of drug-likeness (QED) is 0.509.